The van der Waals surface area contributed by atoms with Gasteiger partial charge in [-0.15, -0.1) is 0 Å². The van der Waals surface area contributed by atoms with Crippen LogP contribution in [0, 0.1) is 6.92 Å². The normalized spacial score (nSPS) is 11.5. The van der Waals surface area contributed by atoms with E-state index in [4.69, 9.17) is 0 Å². The number of benzene rings is 2. The molecule has 0 saturated heterocycles. The third kappa shape index (κ3) is 14.0. The van der Waals surface area contributed by atoms with Gasteiger partial charge in [0.05, 0.1) is 10.6 Å². The zero-order chi connectivity index (χ0) is 30.8. The van der Waals surface area contributed by atoms with E-state index in [1.165, 1.54) is 81.9 Å². The van der Waals surface area contributed by atoms with Gasteiger partial charge >= 0.3 is 0 Å². The second-order valence-electron chi connectivity index (χ2n) is 10.8. The maximum absolute atomic E-state index is 12.2. The number of amides is 1. The highest BCUT2D eigenvalue weighted by molar-refractivity contribution is 7.85. The number of unbranched alkanes of at least 4 members (excludes halogenated alkanes) is 9. The first-order chi connectivity index (χ1) is 20.1. The summed E-state index contributed by atoms with van der Waals surface area (Å²) in [5, 5.41) is 4.27. The van der Waals surface area contributed by atoms with Gasteiger partial charge in [-0.25, -0.2) is 18.4 Å². The monoisotopic (exact) mass is 593 g/mol. The highest BCUT2D eigenvalue weighted by Crippen LogP contribution is 2.14. The second kappa shape index (κ2) is 18.9. The smallest absolute Gasteiger partial charge is 0.277 e. The van der Waals surface area contributed by atoms with Crippen molar-refractivity contribution in [2.45, 2.75) is 96.3 Å². The Morgan fingerprint density at radius 2 is 1.40 bits per heavy atom. The molecule has 0 aliphatic rings. The SMILES string of the molecule is CCCCCCCCCCCCc1ccc(/C(C)=N/NC(=O)c2ccc[n+](C)c2)cc1.Cc1ccc(S(=O)(=O)[O-])cc1. The lowest BCUT2D eigenvalue weighted by atomic mass is 10.0. The molecule has 3 aromatic rings. The Kier molecular flexibility index (Phi) is 15.7. The minimum atomic E-state index is -4.27. The van der Waals surface area contributed by atoms with Crippen molar-refractivity contribution in [3.63, 3.8) is 0 Å². The summed E-state index contributed by atoms with van der Waals surface area (Å²) in [6, 6.07) is 18.0. The van der Waals surface area contributed by atoms with Crippen molar-refractivity contribution in [2.75, 3.05) is 0 Å². The van der Waals surface area contributed by atoms with Gasteiger partial charge in [0, 0.05) is 6.07 Å². The quantitative estimate of drug-likeness (QED) is 0.0672. The van der Waals surface area contributed by atoms with Crippen LogP contribution in [0.4, 0.5) is 0 Å². The summed E-state index contributed by atoms with van der Waals surface area (Å²) in [6.07, 6.45) is 18.5. The summed E-state index contributed by atoms with van der Waals surface area (Å²) in [5.74, 6) is -0.201. The van der Waals surface area contributed by atoms with E-state index in [-0.39, 0.29) is 10.8 Å². The van der Waals surface area contributed by atoms with Crippen molar-refractivity contribution >= 4 is 21.7 Å². The lowest BCUT2D eigenvalue weighted by molar-refractivity contribution is -0.671. The topological polar surface area (TPSA) is 103 Å². The number of nitrogens with one attached hydrogen (secondary N) is 1. The van der Waals surface area contributed by atoms with Crippen LogP contribution in [0.25, 0.3) is 0 Å². The fourth-order valence-electron chi connectivity index (χ4n) is 4.42. The summed E-state index contributed by atoms with van der Waals surface area (Å²) < 4.78 is 33.0. The highest BCUT2D eigenvalue weighted by atomic mass is 32.2. The van der Waals surface area contributed by atoms with Crippen LogP contribution in [0.2, 0.25) is 0 Å². The molecule has 0 radical (unpaired) electrons. The number of carbonyl (C=O) groups is 1. The van der Waals surface area contributed by atoms with Crippen molar-refractivity contribution in [1.29, 1.82) is 0 Å². The molecule has 0 aliphatic carbocycles. The van der Waals surface area contributed by atoms with Gasteiger partial charge in [-0.1, -0.05) is 107 Å². The van der Waals surface area contributed by atoms with Gasteiger partial charge in [0.2, 0.25) is 0 Å². The molecule has 0 saturated carbocycles. The average molecular weight is 594 g/mol. The van der Waals surface area contributed by atoms with Crippen LogP contribution in [-0.2, 0) is 23.6 Å². The molecular formula is C34H47N3O4S. The standard InChI is InChI=1S/C27H39N3O.C7H8O3S/c1-4-5-6-7-8-9-10-11-12-13-15-24-17-19-25(20-18-24)23(2)28-29-27(31)26-16-14-21-30(3)22-26;1-6-2-4-7(5-3-6)11(8,9)10/h14,16-22H,4-13,15H2,1-3H3;2-5H,1H3,(H,8,9,10)/b28-23+;. The molecular weight excluding hydrogens is 546 g/mol. The molecule has 1 aromatic heterocycles. The van der Waals surface area contributed by atoms with Crippen molar-refractivity contribution in [2.24, 2.45) is 12.1 Å². The van der Waals surface area contributed by atoms with E-state index in [0.717, 1.165) is 23.3 Å². The number of carbonyl (C=O) groups excluding carboxylic acids is 1. The largest absolute Gasteiger partial charge is 0.744 e. The van der Waals surface area contributed by atoms with E-state index in [1.54, 1.807) is 24.4 Å². The molecule has 3 rings (SSSR count). The Hall–Kier alpha value is -3.36. The Morgan fingerprint density at radius 3 is 1.95 bits per heavy atom. The molecule has 0 fully saturated rings. The zero-order valence-electron chi connectivity index (χ0n) is 25.6. The fourth-order valence-corrected chi connectivity index (χ4v) is 4.89. The summed E-state index contributed by atoms with van der Waals surface area (Å²) in [5.41, 5.74) is 7.38. The van der Waals surface area contributed by atoms with Crippen LogP contribution in [0.3, 0.4) is 0 Å². The van der Waals surface area contributed by atoms with Crippen molar-refractivity contribution in [3.8, 4) is 0 Å². The van der Waals surface area contributed by atoms with Crippen LogP contribution in [-0.4, -0.2) is 24.6 Å². The first kappa shape index (κ1) is 34.8. The van der Waals surface area contributed by atoms with Gasteiger partial charge in [0.1, 0.15) is 22.7 Å². The predicted octanol–water partition coefficient (Wildman–Crippen LogP) is 7.03. The summed E-state index contributed by atoms with van der Waals surface area (Å²) in [4.78, 5) is 12.0. The Labute approximate surface area is 252 Å². The van der Waals surface area contributed by atoms with E-state index in [2.05, 4.69) is 41.7 Å². The molecule has 0 aliphatic heterocycles. The van der Waals surface area contributed by atoms with Gasteiger partial charge in [0.25, 0.3) is 5.91 Å². The van der Waals surface area contributed by atoms with Gasteiger partial charge in [-0.3, -0.25) is 4.79 Å². The first-order valence-electron chi connectivity index (χ1n) is 15.0. The van der Waals surface area contributed by atoms with Gasteiger partial charge in [-0.2, -0.15) is 5.10 Å². The fraction of sp³-hybridized carbons (Fsp3) is 0.441. The molecule has 1 amide bonds. The number of hydrazone groups is 1. The molecule has 0 bridgehead atoms. The maximum atomic E-state index is 12.2. The van der Waals surface area contributed by atoms with Crippen LogP contribution in [0.1, 0.15) is 105 Å². The number of pyridine rings is 1. The van der Waals surface area contributed by atoms with Crippen LogP contribution in [0.5, 0.6) is 0 Å². The lowest BCUT2D eigenvalue weighted by Gasteiger charge is -2.06. The number of aryl methyl sites for hydroxylation is 3. The van der Waals surface area contributed by atoms with E-state index in [9.17, 15) is 17.8 Å². The van der Waals surface area contributed by atoms with Gasteiger partial charge < -0.3 is 4.55 Å². The third-order valence-electron chi connectivity index (χ3n) is 7.03. The van der Waals surface area contributed by atoms with Crippen LogP contribution < -0.4 is 9.99 Å². The minimum absolute atomic E-state index is 0.178. The van der Waals surface area contributed by atoms with Crippen LogP contribution >= 0.6 is 0 Å². The molecule has 0 unspecified atom stereocenters. The molecule has 8 heteroatoms. The van der Waals surface area contributed by atoms with Crippen molar-refractivity contribution in [3.05, 3.63) is 95.3 Å². The highest BCUT2D eigenvalue weighted by Gasteiger charge is 2.08. The predicted molar refractivity (Wildman–Crippen MR) is 168 cm³/mol. The number of hydrogen-bond donors (Lipinski definition) is 1. The lowest BCUT2D eigenvalue weighted by Crippen LogP contribution is -2.30. The zero-order valence-corrected chi connectivity index (χ0v) is 26.5. The maximum Gasteiger partial charge on any atom is 0.277 e. The minimum Gasteiger partial charge on any atom is -0.744 e. The number of hydrogen-bond acceptors (Lipinski definition) is 5. The van der Waals surface area contributed by atoms with Crippen molar-refractivity contribution in [1.82, 2.24) is 5.43 Å². The van der Waals surface area contributed by atoms with E-state index in [1.807, 2.05) is 37.7 Å². The molecule has 1 N–H and O–H groups in total. The third-order valence-corrected chi connectivity index (χ3v) is 7.88. The second-order valence-corrected chi connectivity index (χ2v) is 12.2. The van der Waals surface area contributed by atoms with E-state index < -0.39 is 10.1 Å². The van der Waals surface area contributed by atoms with E-state index >= 15 is 0 Å². The average Bonchev–Trinajstić information content (AvgIpc) is 2.97. The molecule has 42 heavy (non-hydrogen) atoms. The Bertz CT molecular complexity index is 1350. The molecule has 2 aromatic carbocycles. The Balaban J connectivity index is 0.000000468. The molecule has 7 nitrogen and oxygen atoms in total. The molecule has 1 heterocycles. The summed E-state index contributed by atoms with van der Waals surface area (Å²) in [7, 11) is -2.38. The molecule has 0 spiro atoms. The number of nitrogens with zero attached hydrogens (tertiary/aromatic N) is 2. The molecule has 0 atom stereocenters. The summed E-state index contributed by atoms with van der Waals surface area (Å²) in [6.45, 7) is 6.01. The first-order valence-corrected chi connectivity index (χ1v) is 16.4. The van der Waals surface area contributed by atoms with E-state index in [0.29, 0.717) is 5.56 Å². The summed E-state index contributed by atoms with van der Waals surface area (Å²) >= 11 is 0. The number of rotatable bonds is 15. The van der Waals surface area contributed by atoms with Gasteiger partial charge in [0.15, 0.2) is 12.4 Å². The van der Waals surface area contributed by atoms with Gasteiger partial charge in [-0.05, 0) is 56.0 Å². The number of aromatic nitrogens is 1. The molecule has 228 valence electrons. The van der Waals surface area contributed by atoms with Crippen LogP contribution in [0.15, 0.2) is 83.1 Å². The van der Waals surface area contributed by atoms with Crippen molar-refractivity contribution < 1.29 is 22.3 Å². The Morgan fingerprint density at radius 1 is 0.833 bits per heavy atom.